The van der Waals surface area contributed by atoms with Gasteiger partial charge in [0.1, 0.15) is 5.82 Å². The molecule has 0 aliphatic rings. The van der Waals surface area contributed by atoms with Crippen molar-refractivity contribution in [2.75, 3.05) is 5.73 Å². The Morgan fingerprint density at radius 3 is 2.17 bits per heavy atom. The van der Waals surface area contributed by atoms with Gasteiger partial charge in [-0.1, -0.05) is 12.1 Å². The van der Waals surface area contributed by atoms with Gasteiger partial charge in [-0.05, 0) is 35.9 Å². The third-order valence-corrected chi connectivity index (χ3v) is 3.44. The predicted octanol–water partition coefficient (Wildman–Crippen LogP) is 1.72. The Morgan fingerprint density at radius 2 is 1.61 bits per heavy atom. The molecule has 0 aliphatic heterocycles. The monoisotopic (exact) mass is 266 g/mol. The molecule has 0 saturated carbocycles. The van der Waals surface area contributed by atoms with Crippen molar-refractivity contribution in [2.45, 2.75) is 4.90 Å². The molecular weight excluding hydrogens is 255 g/mol. The highest BCUT2D eigenvalue weighted by molar-refractivity contribution is 7.89. The second-order valence-corrected chi connectivity index (χ2v) is 5.34. The summed E-state index contributed by atoms with van der Waals surface area (Å²) in [5, 5.41) is 5.10. The molecule has 0 fully saturated rings. The van der Waals surface area contributed by atoms with Gasteiger partial charge in [-0.3, -0.25) is 0 Å². The standard InChI is InChI=1S/C12H11FN2O2S/c13-9-3-6-12(18(15,16)17)11(7-9)8-1-4-10(14)5-2-8/h1-7H,14H2,(H2,15,16,17). The molecule has 6 heteroatoms. The van der Waals surface area contributed by atoms with Crippen LogP contribution in [0.2, 0.25) is 0 Å². The minimum atomic E-state index is -3.91. The lowest BCUT2D eigenvalue weighted by atomic mass is 10.1. The Hall–Kier alpha value is -1.92. The number of benzene rings is 2. The van der Waals surface area contributed by atoms with Gasteiger partial charge in [0.15, 0.2) is 0 Å². The number of hydrogen-bond donors (Lipinski definition) is 2. The van der Waals surface area contributed by atoms with Crippen molar-refractivity contribution in [3.63, 3.8) is 0 Å². The summed E-state index contributed by atoms with van der Waals surface area (Å²) in [7, 11) is -3.91. The Morgan fingerprint density at radius 1 is 1.00 bits per heavy atom. The molecule has 0 aromatic heterocycles. The summed E-state index contributed by atoms with van der Waals surface area (Å²) in [6.07, 6.45) is 0. The molecule has 2 aromatic rings. The minimum absolute atomic E-state index is 0.117. The van der Waals surface area contributed by atoms with Gasteiger partial charge < -0.3 is 5.73 Å². The van der Waals surface area contributed by atoms with Crippen LogP contribution in [0.1, 0.15) is 0 Å². The zero-order chi connectivity index (χ0) is 13.3. The van der Waals surface area contributed by atoms with Crippen LogP contribution in [-0.4, -0.2) is 8.42 Å². The van der Waals surface area contributed by atoms with Gasteiger partial charge in [-0.15, -0.1) is 0 Å². The minimum Gasteiger partial charge on any atom is -0.399 e. The van der Waals surface area contributed by atoms with Gasteiger partial charge in [-0.25, -0.2) is 17.9 Å². The molecule has 2 aromatic carbocycles. The van der Waals surface area contributed by atoms with E-state index in [9.17, 15) is 12.8 Å². The van der Waals surface area contributed by atoms with Crippen LogP contribution < -0.4 is 10.9 Å². The number of primary sulfonamides is 1. The summed E-state index contributed by atoms with van der Waals surface area (Å²) in [4.78, 5) is -0.117. The molecule has 0 bridgehead atoms. The smallest absolute Gasteiger partial charge is 0.238 e. The maximum atomic E-state index is 13.2. The predicted molar refractivity (Wildman–Crippen MR) is 67.6 cm³/mol. The van der Waals surface area contributed by atoms with E-state index >= 15 is 0 Å². The van der Waals surface area contributed by atoms with E-state index in [4.69, 9.17) is 10.9 Å². The van der Waals surface area contributed by atoms with Crippen LogP contribution >= 0.6 is 0 Å². The van der Waals surface area contributed by atoms with Crippen molar-refractivity contribution < 1.29 is 12.8 Å². The van der Waals surface area contributed by atoms with Crippen LogP contribution in [0.25, 0.3) is 11.1 Å². The first-order valence-electron chi connectivity index (χ1n) is 5.06. The summed E-state index contributed by atoms with van der Waals surface area (Å²) in [6, 6.07) is 9.76. The number of sulfonamides is 1. The Labute approximate surface area is 104 Å². The van der Waals surface area contributed by atoms with Gasteiger partial charge in [-0.2, -0.15) is 0 Å². The fourth-order valence-electron chi connectivity index (χ4n) is 1.64. The lowest BCUT2D eigenvalue weighted by molar-refractivity contribution is 0.597. The van der Waals surface area contributed by atoms with Crippen LogP contribution in [0.5, 0.6) is 0 Å². The lowest BCUT2D eigenvalue weighted by Gasteiger charge is -2.08. The number of halogens is 1. The molecule has 0 amide bonds. The molecule has 0 saturated heterocycles. The van der Waals surface area contributed by atoms with Crippen LogP contribution in [0.15, 0.2) is 47.4 Å². The molecule has 4 nitrogen and oxygen atoms in total. The van der Waals surface area contributed by atoms with Gasteiger partial charge in [0, 0.05) is 11.3 Å². The number of anilines is 1. The Kier molecular flexibility index (Phi) is 3.06. The molecule has 0 atom stereocenters. The molecule has 0 aliphatic carbocycles. The molecule has 0 heterocycles. The maximum absolute atomic E-state index is 13.2. The van der Waals surface area contributed by atoms with Crippen LogP contribution in [0, 0.1) is 5.82 Å². The Bertz CT molecular complexity index is 682. The van der Waals surface area contributed by atoms with E-state index in [0.29, 0.717) is 11.3 Å². The summed E-state index contributed by atoms with van der Waals surface area (Å²) in [5.41, 5.74) is 6.83. The van der Waals surface area contributed by atoms with E-state index in [1.165, 1.54) is 0 Å². The van der Waals surface area contributed by atoms with E-state index in [2.05, 4.69) is 0 Å². The normalized spacial score (nSPS) is 11.4. The average molecular weight is 266 g/mol. The van der Waals surface area contributed by atoms with E-state index in [0.717, 1.165) is 18.2 Å². The van der Waals surface area contributed by atoms with E-state index in [-0.39, 0.29) is 10.5 Å². The topological polar surface area (TPSA) is 86.2 Å². The van der Waals surface area contributed by atoms with Crippen molar-refractivity contribution >= 4 is 15.7 Å². The first-order chi connectivity index (χ1) is 8.38. The number of nitrogens with two attached hydrogens (primary N) is 2. The van der Waals surface area contributed by atoms with Crippen molar-refractivity contribution in [1.82, 2.24) is 0 Å². The fraction of sp³-hybridized carbons (Fsp3) is 0. The highest BCUT2D eigenvalue weighted by Gasteiger charge is 2.15. The maximum Gasteiger partial charge on any atom is 0.238 e. The zero-order valence-electron chi connectivity index (χ0n) is 9.30. The number of rotatable bonds is 2. The summed E-state index contributed by atoms with van der Waals surface area (Å²) in [6.45, 7) is 0. The first-order valence-corrected chi connectivity index (χ1v) is 6.61. The first kappa shape index (κ1) is 12.5. The largest absolute Gasteiger partial charge is 0.399 e. The molecular formula is C12H11FN2O2S. The molecule has 2 rings (SSSR count). The van der Waals surface area contributed by atoms with E-state index in [1.807, 2.05) is 0 Å². The number of nitrogen functional groups attached to an aromatic ring is 1. The van der Waals surface area contributed by atoms with Crippen molar-refractivity contribution in [3.8, 4) is 11.1 Å². The third-order valence-electron chi connectivity index (χ3n) is 2.47. The highest BCUT2D eigenvalue weighted by Crippen LogP contribution is 2.28. The molecule has 4 N–H and O–H groups in total. The second-order valence-electron chi connectivity index (χ2n) is 3.81. The highest BCUT2D eigenvalue weighted by atomic mass is 32.2. The molecule has 0 spiro atoms. The van der Waals surface area contributed by atoms with Crippen molar-refractivity contribution in [1.29, 1.82) is 0 Å². The second kappa shape index (κ2) is 4.40. The van der Waals surface area contributed by atoms with E-state index < -0.39 is 15.8 Å². The summed E-state index contributed by atoms with van der Waals surface area (Å²) < 4.78 is 36.1. The molecule has 94 valence electrons. The van der Waals surface area contributed by atoms with Crippen LogP contribution in [-0.2, 0) is 10.0 Å². The zero-order valence-corrected chi connectivity index (χ0v) is 10.1. The average Bonchev–Trinajstić information content (AvgIpc) is 2.28. The number of hydrogen-bond acceptors (Lipinski definition) is 3. The van der Waals surface area contributed by atoms with Crippen LogP contribution in [0.4, 0.5) is 10.1 Å². The summed E-state index contributed by atoms with van der Waals surface area (Å²) in [5.74, 6) is -0.533. The Balaban J connectivity index is 2.69. The quantitative estimate of drug-likeness (QED) is 0.811. The fourth-order valence-corrected chi connectivity index (χ4v) is 2.38. The molecule has 18 heavy (non-hydrogen) atoms. The van der Waals surface area contributed by atoms with E-state index in [1.54, 1.807) is 24.3 Å². The van der Waals surface area contributed by atoms with Gasteiger partial charge >= 0.3 is 0 Å². The van der Waals surface area contributed by atoms with Gasteiger partial charge in [0.25, 0.3) is 0 Å². The SMILES string of the molecule is Nc1ccc(-c2cc(F)ccc2S(N)(=O)=O)cc1. The molecule has 0 radical (unpaired) electrons. The van der Waals surface area contributed by atoms with Crippen molar-refractivity contribution in [3.05, 3.63) is 48.3 Å². The van der Waals surface area contributed by atoms with Gasteiger partial charge in [0.2, 0.25) is 10.0 Å². The molecule has 0 unspecified atom stereocenters. The third kappa shape index (κ3) is 2.49. The van der Waals surface area contributed by atoms with Crippen molar-refractivity contribution in [2.24, 2.45) is 5.14 Å². The van der Waals surface area contributed by atoms with Crippen LogP contribution in [0.3, 0.4) is 0 Å². The lowest BCUT2D eigenvalue weighted by Crippen LogP contribution is -2.13. The summed E-state index contributed by atoms with van der Waals surface area (Å²) >= 11 is 0. The van der Waals surface area contributed by atoms with Gasteiger partial charge in [0.05, 0.1) is 4.90 Å².